The second kappa shape index (κ2) is 8.95. The molecule has 1 aliphatic rings. The summed E-state index contributed by atoms with van der Waals surface area (Å²) in [4.78, 5) is 38.9. The number of aryl methyl sites for hydroxylation is 1. The van der Waals surface area contributed by atoms with Gasteiger partial charge in [0.25, 0.3) is 10.8 Å². The van der Waals surface area contributed by atoms with Crippen molar-refractivity contribution in [1.29, 1.82) is 0 Å². The molecule has 0 radical (unpaired) electrons. The minimum atomic E-state index is -0.475. The van der Waals surface area contributed by atoms with Gasteiger partial charge >= 0.3 is 5.69 Å². The van der Waals surface area contributed by atoms with E-state index in [1.54, 1.807) is 18.8 Å². The molecule has 5 rings (SSSR count). The van der Waals surface area contributed by atoms with Crippen LogP contribution in [0, 0.1) is 5.92 Å². The van der Waals surface area contributed by atoms with E-state index in [4.69, 9.17) is 14.1 Å². The van der Waals surface area contributed by atoms with Crippen LogP contribution in [0.25, 0.3) is 22.3 Å². The molecule has 10 nitrogen and oxygen atoms in total. The fraction of sp³-hybridized carbons (Fsp3) is 0.478. The van der Waals surface area contributed by atoms with Crippen molar-refractivity contribution in [2.75, 3.05) is 23.7 Å². The summed E-state index contributed by atoms with van der Waals surface area (Å²) in [5.74, 6) is 1.59. The highest BCUT2D eigenvalue weighted by Crippen LogP contribution is 2.28. The molecule has 1 aromatic carbocycles. The number of aromatic amines is 1. The van der Waals surface area contributed by atoms with Gasteiger partial charge in [-0.25, -0.2) is 9.78 Å². The zero-order valence-electron chi connectivity index (χ0n) is 19.6. The molecule has 1 saturated heterocycles. The molecule has 0 aliphatic carbocycles. The number of nitrogens with one attached hydrogen (secondary N) is 1. The predicted octanol–water partition coefficient (Wildman–Crippen LogP) is 2.61. The average Bonchev–Trinajstić information content (AvgIpc) is 3.37. The summed E-state index contributed by atoms with van der Waals surface area (Å²) < 4.78 is 15.1. The lowest BCUT2D eigenvalue weighted by atomic mass is 10.2. The summed E-state index contributed by atoms with van der Waals surface area (Å²) in [7, 11) is 1.62. The lowest BCUT2D eigenvalue weighted by Gasteiger charge is -2.36. The minimum absolute atomic E-state index is 0.0336. The predicted molar refractivity (Wildman–Crippen MR) is 132 cm³/mol. The zero-order valence-corrected chi connectivity index (χ0v) is 20.5. The van der Waals surface area contributed by atoms with Crippen LogP contribution >= 0.6 is 11.8 Å². The molecule has 0 amide bonds. The van der Waals surface area contributed by atoms with E-state index in [1.165, 1.54) is 4.57 Å². The second-order valence-corrected chi connectivity index (χ2v) is 10.0. The van der Waals surface area contributed by atoms with Gasteiger partial charge in [0.05, 0.1) is 12.2 Å². The van der Waals surface area contributed by atoms with Gasteiger partial charge in [-0.3, -0.25) is 14.3 Å². The van der Waals surface area contributed by atoms with Crippen molar-refractivity contribution in [3.63, 3.8) is 0 Å². The number of imidazole rings is 1. The molecule has 180 valence electrons. The van der Waals surface area contributed by atoms with Crippen LogP contribution < -0.4 is 16.1 Å². The number of thioether (sulfide) groups is 1. The van der Waals surface area contributed by atoms with E-state index < -0.39 is 11.2 Å². The van der Waals surface area contributed by atoms with Gasteiger partial charge in [-0.15, -0.1) is 0 Å². The molecule has 11 heteroatoms. The Morgan fingerprint density at radius 1 is 1.18 bits per heavy atom. The Morgan fingerprint density at radius 2 is 1.91 bits per heavy atom. The number of ether oxygens (including phenoxy) is 1. The Hall–Kier alpha value is -3.05. The molecular weight excluding hydrogens is 456 g/mol. The van der Waals surface area contributed by atoms with Gasteiger partial charge in [-0.2, -0.15) is 4.98 Å². The third-order valence-corrected chi connectivity index (χ3v) is 7.11. The van der Waals surface area contributed by atoms with Gasteiger partial charge in [-0.1, -0.05) is 30.8 Å². The largest absolute Gasteiger partial charge is 0.431 e. The first-order valence-corrected chi connectivity index (χ1v) is 12.4. The molecule has 0 bridgehead atoms. The molecule has 4 heterocycles. The summed E-state index contributed by atoms with van der Waals surface area (Å²) in [5.41, 5.74) is 1.49. The maximum atomic E-state index is 12.9. The van der Waals surface area contributed by atoms with E-state index in [2.05, 4.69) is 21.8 Å². The number of oxazole rings is 1. The number of rotatable bonds is 6. The highest BCUT2D eigenvalue weighted by atomic mass is 32.2. The van der Waals surface area contributed by atoms with Gasteiger partial charge in [0.1, 0.15) is 5.52 Å². The lowest BCUT2D eigenvalue weighted by molar-refractivity contribution is -0.00590. The van der Waals surface area contributed by atoms with Crippen LogP contribution in [0.1, 0.15) is 20.8 Å². The Balaban J connectivity index is 1.46. The first-order valence-electron chi connectivity index (χ1n) is 11.4. The van der Waals surface area contributed by atoms with Gasteiger partial charge in [0, 0.05) is 32.4 Å². The van der Waals surface area contributed by atoms with Crippen LogP contribution in [-0.4, -0.2) is 55.1 Å². The van der Waals surface area contributed by atoms with E-state index in [-0.39, 0.29) is 18.1 Å². The maximum absolute atomic E-state index is 12.9. The molecule has 0 unspecified atom stereocenters. The number of benzene rings is 1. The van der Waals surface area contributed by atoms with Crippen LogP contribution in [0.15, 0.2) is 43.5 Å². The quantitative estimate of drug-likeness (QED) is 0.416. The molecular formula is C23H28N6O4S. The molecule has 4 aromatic rings. The molecule has 34 heavy (non-hydrogen) atoms. The van der Waals surface area contributed by atoms with Crippen molar-refractivity contribution in [2.45, 2.75) is 44.7 Å². The van der Waals surface area contributed by atoms with Crippen molar-refractivity contribution < 1.29 is 9.15 Å². The Labute approximate surface area is 199 Å². The van der Waals surface area contributed by atoms with Crippen LogP contribution in [0.5, 0.6) is 0 Å². The smallest absolute Gasteiger partial charge is 0.329 e. The second-order valence-electron chi connectivity index (χ2n) is 9.04. The summed E-state index contributed by atoms with van der Waals surface area (Å²) in [5, 5.41) is 0.625. The van der Waals surface area contributed by atoms with E-state index in [0.717, 1.165) is 16.9 Å². The van der Waals surface area contributed by atoms with Crippen LogP contribution in [0.3, 0.4) is 0 Å². The number of para-hydroxylation sites is 2. The Bertz CT molecular complexity index is 1410. The van der Waals surface area contributed by atoms with Gasteiger partial charge in [0.15, 0.2) is 16.7 Å². The number of H-pyrrole nitrogens is 1. The fourth-order valence-electron chi connectivity index (χ4n) is 4.47. The number of morpholine rings is 1. The highest BCUT2D eigenvalue weighted by Gasteiger charge is 2.28. The number of aromatic nitrogens is 5. The topological polar surface area (TPSA) is 111 Å². The minimum Gasteiger partial charge on any atom is -0.431 e. The normalized spacial score (nSPS) is 19.8. The highest BCUT2D eigenvalue weighted by molar-refractivity contribution is 7.99. The standard InChI is InChI=1S/C23H28N6O4S/c1-13(12-34-23-24-16-7-5-6-8-17(16)33-23)9-29-18-19(27(4)22(31)26-20(18)30)25-21(29)28-10-14(2)32-15(3)11-28/h5-8,13-15H,9-12H2,1-4H3,(H,26,30,31)/t13-,14-,15-/m0/s1. The molecule has 3 atom stereocenters. The van der Waals surface area contributed by atoms with Crippen LogP contribution in [0.4, 0.5) is 5.95 Å². The fourth-order valence-corrected chi connectivity index (χ4v) is 5.31. The number of fused-ring (bicyclic) bond motifs is 2. The average molecular weight is 485 g/mol. The van der Waals surface area contributed by atoms with E-state index in [9.17, 15) is 9.59 Å². The van der Waals surface area contributed by atoms with Crippen molar-refractivity contribution in [1.82, 2.24) is 24.1 Å². The first-order chi connectivity index (χ1) is 16.3. The molecule has 0 spiro atoms. The number of anilines is 1. The maximum Gasteiger partial charge on any atom is 0.329 e. The van der Waals surface area contributed by atoms with Crippen molar-refractivity contribution in [3.05, 3.63) is 45.1 Å². The molecule has 3 aromatic heterocycles. The van der Waals surface area contributed by atoms with Gasteiger partial charge in [-0.05, 0) is 31.9 Å². The lowest BCUT2D eigenvalue weighted by Crippen LogP contribution is -2.46. The number of hydrogen-bond donors (Lipinski definition) is 1. The summed E-state index contributed by atoms with van der Waals surface area (Å²) in [6.45, 7) is 8.04. The van der Waals surface area contributed by atoms with E-state index in [1.807, 2.05) is 42.7 Å². The monoisotopic (exact) mass is 484 g/mol. The molecule has 1 aliphatic heterocycles. The summed E-state index contributed by atoms with van der Waals surface area (Å²) >= 11 is 1.55. The van der Waals surface area contributed by atoms with Crippen LogP contribution in [0.2, 0.25) is 0 Å². The summed E-state index contributed by atoms with van der Waals surface area (Å²) in [6, 6.07) is 7.69. The van der Waals surface area contributed by atoms with Crippen molar-refractivity contribution >= 4 is 40.0 Å². The number of nitrogens with zero attached hydrogens (tertiary/aromatic N) is 5. The van der Waals surface area contributed by atoms with E-state index in [0.29, 0.717) is 42.0 Å². The van der Waals surface area contributed by atoms with Gasteiger partial charge < -0.3 is 18.6 Å². The zero-order chi connectivity index (χ0) is 24.0. The third kappa shape index (κ3) is 4.25. The third-order valence-electron chi connectivity index (χ3n) is 5.95. The Morgan fingerprint density at radius 3 is 2.65 bits per heavy atom. The van der Waals surface area contributed by atoms with Gasteiger partial charge in [0.2, 0.25) is 5.95 Å². The SMILES string of the molecule is C[C@H](CSc1nc2ccccc2o1)Cn1c(N2C[C@H](C)O[C@@H](C)C2)nc2c1c(=O)[nH]c(=O)n2C. The summed E-state index contributed by atoms with van der Waals surface area (Å²) in [6.07, 6.45) is 0.0671. The van der Waals surface area contributed by atoms with Crippen LogP contribution in [-0.2, 0) is 18.3 Å². The molecule has 0 saturated carbocycles. The number of hydrogen-bond acceptors (Lipinski definition) is 8. The Kier molecular flexibility index (Phi) is 5.98. The molecule has 1 N–H and O–H groups in total. The van der Waals surface area contributed by atoms with E-state index >= 15 is 0 Å². The molecule has 1 fully saturated rings. The van der Waals surface area contributed by atoms with Crippen molar-refractivity contribution in [3.8, 4) is 0 Å². The first kappa shape index (κ1) is 22.7. The van der Waals surface area contributed by atoms with Crippen molar-refractivity contribution in [2.24, 2.45) is 13.0 Å².